The third kappa shape index (κ3) is 3.60. The second kappa shape index (κ2) is 5.78. The summed E-state index contributed by atoms with van der Waals surface area (Å²) in [5.74, 6) is -0.111. The van der Waals surface area contributed by atoms with Gasteiger partial charge in [-0.2, -0.15) is 0 Å². The minimum absolute atomic E-state index is 0.111. The molecule has 0 saturated carbocycles. The minimum atomic E-state index is -3.55. The van der Waals surface area contributed by atoms with E-state index in [1.54, 1.807) is 6.07 Å². The first-order valence-electron chi connectivity index (χ1n) is 5.72. The fourth-order valence-corrected chi connectivity index (χ4v) is 4.23. The van der Waals surface area contributed by atoms with E-state index >= 15 is 0 Å². The Morgan fingerprint density at radius 1 is 1.39 bits per heavy atom. The first-order valence-corrected chi connectivity index (χ1v) is 8.47. The van der Waals surface area contributed by atoms with Gasteiger partial charge in [-0.05, 0) is 30.5 Å². The van der Waals surface area contributed by atoms with Crippen molar-refractivity contribution in [2.45, 2.75) is 18.1 Å². The van der Waals surface area contributed by atoms with Gasteiger partial charge in [0.05, 0.1) is 11.9 Å². The minimum Gasteiger partial charge on any atom is -0.381 e. The average Bonchev–Trinajstić information content (AvgIpc) is 2.28. The first kappa shape index (κ1) is 14.1. The fraction of sp³-hybridized carbons (Fsp3) is 0.500. The summed E-state index contributed by atoms with van der Waals surface area (Å²) in [4.78, 5) is 0. The Bertz CT molecular complexity index is 516. The van der Waals surface area contributed by atoms with Crippen LogP contribution < -0.4 is 0 Å². The van der Waals surface area contributed by atoms with Crippen LogP contribution in [-0.2, 0) is 20.2 Å². The number of hydrogen-bond acceptors (Lipinski definition) is 3. The van der Waals surface area contributed by atoms with E-state index in [1.165, 1.54) is 0 Å². The summed E-state index contributed by atoms with van der Waals surface area (Å²) < 4.78 is 28.4. The van der Waals surface area contributed by atoms with Crippen LogP contribution in [0.3, 0.4) is 0 Å². The van der Waals surface area contributed by atoms with Gasteiger partial charge in [-0.15, -0.1) is 0 Å². The van der Waals surface area contributed by atoms with Crippen LogP contribution >= 0.6 is 22.3 Å². The summed E-state index contributed by atoms with van der Waals surface area (Å²) in [6.45, 7) is 0.867. The van der Waals surface area contributed by atoms with Gasteiger partial charge in [-0.1, -0.05) is 23.7 Å². The summed E-state index contributed by atoms with van der Waals surface area (Å²) in [6.07, 6.45) is 1.06. The van der Waals surface area contributed by atoms with Crippen LogP contribution in [0.4, 0.5) is 0 Å². The highest BCUT2D eigenvalue weighted by Gasteiger charge is 2.34. The van der Waals surface area contributed by atoms with Crippen LogP contribution in [0.1, 0.15) is 12.0 Å². The Morgan fingerprint density at radius 2 is 2.17 bits per heavy atom. The van der Waals surface area contributed by atoms with Crippen LogP contribution in [-0.4, -0.2) is 26.9 Å². The zero-order chi connectivity index (χ0) is 13.2. The van der Waals surface area contributed by atoms with Crippen LogP contribution in [0.15, 0.2) is 24.3 Å². The van der Waals surface area contributed by atoms with Gasteiger partial charge in [0.2, 0.25) is 9.05 Å². The quantitative estimate of drug-likeness (QED) is 0.806. The van der Waals surface area contributed by atoms with Crippen molar-refractivity contribution in [3.63, 3.8) is 0 Å². The van der Waals surface area contributed by atoms with E-state index < -0.39 is 14.3 Å². The predicted molar refractivity (Wildman–Crippen MR) is 72.6 cm³/mol. The van der Waals surface area contributed by atoms with Crippen molar-refractivity contribution in [1.29, 1.82) is 0 Å². The molecule has 2 rings (SSSR count). The molecule has 1 aliphatic heterocycles. The maximum atomic E-state index is 11.5. The molecular formula is C12H14Cl2O3S. The van der Waals surface area contributed by atoms with Gasteiger partial charge in [0.1, 0.15) is 0 Å². The Morgan fingerprint density at radius 3 is 2.83 bits per heavy atom. The second-order valence-corrected chi connectivity index (χ2v) is 7.76. The van der Waals surface area contributed by atoms with Gasteiger partial charge in [0, 0.05) is 28.2 Å². The van der Waals surface area contributed by atoms with Gasteiger partial charge in [0.15, 0.2) is 0 Å². The lowest BCUT2D eigenvalue weighted by Crippen LogP contribution is -2.37. The fourth-order valence-electron chi connectivity index (χ4n) is 2.30. The summed E-state index contributed by atoms with van der Waals surface area (Å²) in [5.41, 5.74) is 1.00. The molecule has 0 aliphatic carbocycles. The van der Waals surface area contributed by atoms with Crippen molar-refractivity contribution in [1.82, 2.24) is 0 Å². The molecule has 2 atom stereocenters. The molecule has 1 aromatic carbocycles. The van der Waals surface area contributed by atoms with Crippen LogP contribution in [0, 0.1) is 5.92 Å². The number of rotatable bonds is 3. The largest absolute Gasteiger partial charge is 0.381 e. The number of benzene rings is 1. The predicted octanol–water partition coefficient (Wildman–Crippen LogP) is 2.86. The molecule has 1 saturated heterocycles. The van der Waals surface area contributed by atoms with E-state index in [9.17, 15) is 8.42 Å². The molecule has 0 amide bonds. The Hall–Kier alpha value is -0.290. The summed E-state index contributed by atoms with van der Waals surface area (Å²) in [7, 11) is 1.95. The number of ether oxygens (including phenoxy) is 1. The second-order valence-electron chi connectivity index (χ2n) is 4.47. The Balaban J connectivity index is 2.15. The third-order valence-corrected chi connectivity index (χ3v) is 5.42. The highest BCUT2D eigenvalue weighted by molar-refractivity contribution is 8.14. The molecule has 100 valence electrons. The molecule has 1 heterocycles. The standard InChI is InChI=1S/C12H14Cl2O3S/c13-11-3-1-2-9(7-11)6-10-8-17-5-4-12(10)18(14,15)16/h1-3,7,10,12H,4-6,8H2/t10-,12+/m0/s1. The maximum absolute atomic E-state index is 11.5. The maximum Gasteiger partial charge on any atom is 0.235 e. The van der Waals surface area contributed by atoms with Crippen LogP contribution in [0.25, 0.3) is 0 Å². The smallest absolute Gasteiger partial charge is 0.235 e. The van der Waals surface area contributed by atoms with Crippen LogP contribution in [0.2, 0.25) is 5.02 Å². The Labute approximate surface area is 116 Å². The van der Waals surface area contributed by atoms with Gasteiger partial charge in [0.25, 0.3) is 0 Å². The molecule has 1 aliphatic rings. The molecule has 1 aromatic rings. The van der Waals surface area contributed by atoms with E-state index in [-0.39, 0.29) is 5.92 Å². The van der Waals surface area contributed by atoms with Gasteiger partial charge in [-0.3, -0.25) is 0 Å². The SMILES string of the molecule is O=S(=O)(Cl)[C@@H]1CCOC[C@@H]1Cc1cccc(Cl)c1. The lowest BCUT2D eigenvalue weighted by molar-refractivity contribution is 0.0577. The van der Waals surface area contributed by atoms with Gasteiger partial charge < -0.3 is 4.74 Å². The molecule has 18 heavy (non-hydrogen) atoms. The van der Waals surface area contributed by atoms with Gasteiger partial charge >= 0.3 is 0 Å². The molecule has 3 nitrogen and oxygen atoms in total. The van der Waals surface area contributed by atoms with Crippen molar-refractivity contribution in [3.8, 4) is 0 Å². The first-order chi connectivity index (χ1) is 8.47. The molecule has 0 bridgehead atoms. The Kier molecular flexibility index (Phi) is 4.54. The molecule has 0 spiro atoms. The molecule has 1 fully saturated rings. The molecule has 0 radical (unpaired) electrons. The van der Waals surface area contributed by atoms with E-state index in [1.807, 2.05) is 18.2 Å². The zero-order valence-corrected chi connectivity index (χ0v) is 12.0. The van der Waals surface area contributed by atoms with Crippen molar-refractivity contribution in [2.24, 2.45) is 5.92 Å². The van der Waals surface area contributed by atoms with Gasteiger partial charge in [-0.25, -0.2) is 8.42 Å². The molecule has 0 aromatic heterocycles. The lowest BCUT2D eigenvalue weighted by atomic mass is 9.94. The molecule has 0 unspecified atom stereocenters. The molecule has 0 N–H and O–H groups in total. The average molecular weight is 309 g/mol. The van der Waals surface area contributed by atoms with Crippen molar-refractivity contribution in [3.05, 3.63) is 34.9 Å². The molecule has 6 heteroatoms. The highest BCUT2D eigenvalue weighted by atomic mass is 35.7. The topological polar surface area (TPSA) is 43.4 Å². The van der Waals surface area contributed by atoms with E-state index in [0.29, 0.717) is 31.1 Å². The third-order valence-electron chi connectivity index (χ3n) is 3.15. The summed E-state index contributed by atoms with van der Waals surface area (Å²) in [6, 6.07) is 7.41. The van der Waals surface area contributed by atoms with Crippen molar-refractivity contribution in [2.75, 3.05) is 13.2 Å². The normalized spacial score (nSPS) is 25.0. The lowest BCUT2D eigenvalue weighted by Gasteiger charge is -2.29. The van der Waals surface area contributed by atoms with Crippen LogP contribution in [0.5, 0.6) is 0 Å². The van der Waals surface area contributed by atoms with Crippen molar-refractivity contribution < 1.29 is 13.2 Å². The highest BCUT2D eigenvalue weighted by Crippen LogP contribution is 2.28. The van der Waals surface area contributed by atoms with E-state index in [0.717, 1.165) is 5.56 Å². The zero-order valence-electron chi connectivity index (χ0n) is 9.68. The van der Waals surface area contributed by atoms with Crippen molar-refractivity contribution >= 4 is 31.3 Å². The number of halogens is 2. The molecular weight excluding hydrogens is 295 g/mol. The van der Waals surface area contributed by atoms with E-state index in [2.05, 4.69) is 0 Å². The summed E-state index contributed by atoms with van der Waals surface area (Å²) in [5, 5.41) is 0.112. The number of hydrogen-bond donors (Lipinski definition) is 0. The monoisotopic (exact) mass is 308 g/mol. The summed E-state index contributed by atoms with van der Waals surface area (Å²) >= 11 is 5.91. The van der Waals surface area contributed by atoms with E-state index in [4.69, 9.17) is 27.0 Å².